The van der Waals surface area contributed by atoms with Crippen molar-refractivity contribution in [2.45, 2.75) is 45.7 Å². The Morgan fingerprint density at radius 2 is 2.05 bits per heavy atom. The van der Waals surface area contributed by atoms with Crippen LogP contribution in [0, 0.1) is 0 Å². The van der Waals surface area contributed by atoms with E-state index in [1.165, 1.54) is 0 Å². The number of amides is 1. The zero-order valence-corrected chi connectivity index (χ0v) is 14.2. The number of carbonyl (C=O) groups is 1. The van der Waals surface area contributed by atoms with Crippen LogP contribution in [0.15, 0.2) is 24.3 Å². The Labute approximate surface area is 134 Å². The highest BCUT2D eigenvalue weighted by Crippen LogP contribution is 2.24. The lowest BCUT2D eigenvalue weighted by atomic mass is 10.0. The van der Waals surface area contributed by atoms with Gasteiger partial charge >= 0.3 is 0 Å². The Morgan fingerprint density at radius 3 is 2.57 bits per heavy atom. The molecule has 0 aromatic heterocycles. The third-order valence-corrected chi connectivity index (χ3v) is 3.58. The average Bonchev–Trinajstić information content (AvgIpc) is 2.48. The van der Waals surface area contributed by atoms with Crippen LogP contribution in [-0.4, -0.2) is 30.5 Å². The Morgan fingerprint density at radius 1 is 1.38 bits per heavy atom. The van der Waals surface area contributed by atoms with Gasteiger partial charge in [0.15, 0.2) is 0 Å². The van der Waals surface area contributed by atoms with Gasteiger partial charge in [0.2, 0.25) is 5.91 Å². The molecule has 0 aliphatic carbocycles. The summed E-state index contributed by atoms with van der Waals surface area (Å²) in [6.07, 6.45) is 1.64. The van der Waals surface area contributed by atoms with E-state index in [-0.39, 0.29) is 24.4 Å². The lowest BCUT2D eigenvalue weighted by molar-refractivity contribution is -0.134. The number of methoxy groups -OCH3 is 1. The second-order valence-corrected chi connectivity index (χ2v) is 4.97. The normalized spacial score (nSPS) is 13.0. The van der Waals surface area contributed by atoms with E-state index in [4.69, 9.17) is 10.5 Å². The third kappa shape index (κ3) is 5.21. The molecule has 1 amide bonds. The van der Waals surface area contributed by atoms with Crippen LogP contribution in [0.4, 0.5) is 0 Å². The summed E-state index contributed by atoms with van der Waals surface area (Å²) in [5, 5.41) is 0. The fourth-order valence-corrected chi connectivity index (χ4v) is 2.35. The molecule has 21 heavy (non-hydrogen) atoms. The topological polar surface area (TPSA) is 55.6 Å². The molecule has 0 spiro atoms. The van der Waals surface area contributed by atoms with E-state index in [1.807, 2.05) is 49.9 Å². The first kappa shape index (κ1) is 19.7. The molecule has 120 valence electrons. The molecule has 2 unspecified atom stereocenters. The molecule has 1 aromatic carbocycles. The summed E-state index contributed by atoms with van der Waals surface area (Å²) in [6, 6.07) is 7.39. The monoisotopic (exact) mass is 314 g/mol. The zero-order valence-electron chi connectivity index (χ0n) is 13.3. The van der Waals surface area contributed by atoms with Gasteiger partial charge in [-0.3, -0.25) is 4.79 Å². The van der Waals surface area contributed by atoms with Crippen LogP contribution in [0.25, 0.3) is 0 Å². The van der Waals surface area contributed by atoms with Crippen molar-refractivity contribution in [3.63, 3.8) is 0 Å². The molecule has 2 atom stereocenters. The van der Waals surface area contributed by atoms with E-state index >= 15 is 0 Å². The third-order valence-electron chi connectivity index (χ3n) is 3.58. The highest BCUT2D eigenvalue weighted by atomic mass is 35.5. The van der Waals surface area contributed by atoms with Crippen molar-refractivity contribution in [1.29, 1.82) is 0 Å². The SMILES string of the molecule is CCCC(N)C(=O)N(CC)C(C)c1cccc(OC)c1.Cl. The lowest BCUT2D eigenvalue weighted by Crippen LogP contribution is -2.44. The maximum Gasteiger partial charge on any atom is 0.239 e. The maximum atomic E-state index is 12.4. The quantitative estimate of drug-likeness (QED) is 0.841. The van der Waals surface area contributed by atoms with Crippen LogP contribution in [-0.2, 0) is 4.79 Å². The van der Waals surface area contributed by atoms with Crippen molar-refractivity contribution in [3.05, 3.63) is 29.8 Å². The number of rotatable bonds is 7. The number of likely N-dealkylation sites (N-methyl/N-ethyl adjacent to an activating group) is 1. The summed E-state index contributed by atoms with van der Waals surface area (Å²) in [6.45, 7) is 6.69. The Bertz CT molecular complexity index is 440. The van der Waals surface area contributed by atoms with E-state index in [9.17, 15) is 4.79 Å². The van der Waals surface area contributed by atoms with Gasteiger partial charge in [0.25, 0.3) is 0 Å². The first-order valence-corrected chi connectivity index (χ1v) is 7.25. The molecule has 0 heterocycles. The fourth-order valence-electron chi connectivity index (χ4n) is 2.35. The zero-order chi connectivity index (χ0) is 15.1. The van der Waals surface area contributed by atoms with Gasteiger partial charge in [-0.2, -0.15) is 0 Å². The predicted octanol–water partition coefficient (Wildman–Crippen LogP) is 3.15. The molecule has 2 N–H and O–H groups in total. The number of nitrogens with two attached hydrogens (primary N) is 1. The van der Waals surface area contributed by atoms with E-state index in [0.717, 1.165) is 24.2 Å². The van der Waals surface area contributed by atoms with Crippen LogP contribution < -0.4 is 10.5 Å². The standard InChI is InChI=1S/C16H26N2O2.ClH/c1-5-8-15(17)16(19)18(6-2)12(3)13-9-7-10-14(11-13)20-4;/h7,9-12,15H,5-6,8,17H2,1-4H3;1H. The Balaban J connectivity index is 0.00000400. The molecule has 0 saturated carbocycles. The minimum Gasteiger partial charge on any atom is -0.497 e. The van der Waals surface area contributed by atoms with Crippen LogP contribution in [0.5, 0.6) is 5.75 Å². The molecular formula is C16H27ClN2O2. The number of carbonyl (C=O) groups excluding carboxylic acids is 1. The summed E-state index contributed by atoms with van der Waals surface area (Å²) in [7, 11) is 1.64. The van der Waals surface area contributed by atoms with Crippen LogP contribution >= 0.6 is 12.4 Å². The fraction of sp³-hybridized carbons (Fsp3) is 0.562. The Hall–Kier alpha value is -1.26. The van der Waals surface area contributed by atoms with Gasteiger partial charge < -0.3 is 15.4 Å². The van der Waals surface area contributed by atoms with E-state index in [2.05, 4.69) is 0 Å². The van der Waals surface area contributed by atoms with Gasteiger partial charge in [0.1, 0.15) is 5.75 Å². The van der Waals surface area contributed by atoms with Crippen molar-refractivity contribution >= 4 is 18.3 Å². The minimum absolute atomic E-state index is 0. The number of hydrogen-bond donors (Lipinski definition) is 1. The summed E-state index contributed by atoms with van der Waals surface area (Å²) in [5.41, 5.74) is 7.02. The van der Waals surface area contributed by atoms with Gasteiger partial charge in [-0.1, -0.05) is 25.5 Å². The van der Waals surface area contributed by atoms with Gasteiger partial charge in [-0.05, 0) is 38.0 Å². The van der Waals surface area contributed by atoms with E-state index in [1.54, 1.807) is 7.11 Å². The first-order chi connectivity index (χ1) is 9.54. The van der Waals surface area contributed by atoms with Gasteiger partial charge in [0, 0.05) is 6.54 Å². The van der Waals surface area contributed by atoms with E-state index in [0.29, 0.717) is 6.54 Å². The molecule has 0 radical (unpaired) electrons. The molecule has 0 saturated heterocycles. The Kier molecular flexibility index (Phi) is 9.06. The molecule has 5 heteroatoms. The van der Waals surface area contributed by atoms with Gasteiger partial charge in [0.05, 0.1) is 19.2 Å². The second-order valence-electron chi connectivity index (χ2n) is 4.97. The summed E-state index contributed by atoms with van der Waals surface area (Å²) >= 11 is 0. The molecule has 0 fully saturated rings. The molecule has 0 bridgehead atoms. The van der Waals surface area contributed by atoms with Gasteiger partial charge in [-0.25, -0.2) is 0 Å². The molecule has 1 rings (SSSR count). The van der Waals surface area contributed by atoms with Gasteiger partial charge in [-0.15, -0.1) is 12.4 Å². The lowest BCUT2D eigenvalue weighted by Gasteiger charge is -2.31. The second kappa shape index (κ2) is 9.64. The maximum absolute atomic E-state index is 12.4. The number of benzene rings is 1. The van der Waals surface area contributed by atoms with Crippen LogP contribution in [0.2, 0.25) is 0 Å². The molecule has 1 aromatic rings. The highest BCUT2D eigenvalue weighted by Gasteiger charge is 2.24. The number of ether oxygens (including phenoxy) is 1. The summed E-state index contributed by atoms with van der Waals surface area (Å²) in [4.78, 5) is 14.2. The summed E-state index contributed by atoms with van der Waals surface area (Å²) < 4.78 is 5.24. The summed E-state index contributed by atoms with van der Waals surface area (Å²) in [5.74, 6) is 0.820. The average molecular weight is 315 g/mol. The molecule has 4 nitrogen and oxygen atoms in total. The number of hydrogen-bond acceptors (Lipinski definition) is 3. The molecule has 0 aliphatic rings. The molecular weight excluding hydrogens is 288 g/mol. The van der Waals surface area contributed by atoms with Crippen LogP contribution in [0.1, 0.15) is 45.2 Å². The molecule has 0 aliphatic heterocycles. The van der Waals surface area contributed by atoms with Crippen molar-refractivity contribution in [1.82, 2.24) is 4.90 Å². The smallest absolute Gasteiger partial charge is 0.239 e. The largest absolute Gasteiger partial charge is 0.497 e. The van der Waals surface area contributed by atoms with E-state index < -0.39 is 6.04 Å². The van der Waals surface area contributed by atoms with Crippen molar-refractivity contribution in [3.8, 4) is 5.75 Å². The van der Waals surface area contributed by atoms with Crippen molar-refractivity contribution < 1.29 is 9.53 Å². The van der Waals surface area contributed by atoms with Crippen molar-refractivity contribution in [2.24, 2.45) is 5.73 Å². The highest BCUT2D eigenvalue weighted by molar-refractivity contribution is 5.85. The minimum atomic E-state index is -0.409. The number of nitrogens with zero attached hydrogens (tertiary/aromatic N) is 1. The van der Waals surface area contributed by atoms with Crippen molar-refractivity contribution in [2.75, 3.05) is 13.7 Å². The number of halogens is 1. The van der Waals surface area contributed by atoms with Crippen LogP contribution in [0.3, 0.4) is 0 Å². The predicted molar refractivity (Wildman–Crippen MR) is 88.9 cm³/mol. The first-order valence-electron chi connectivity index (χ1n) is 7.25.